The summed E-state index contributed by atoms with van der Waals surface area (Å²) in [6.07, 6.45) is 3.32. The fraction of sp³-hybridized carbons (Fsp3) is 0.182. The third kappa shape index (κ3) is 3.60. The minimum absolute atomic E-state index is 0.0473. The van der Waals surface area contributed by atoms with Gasteiger partial charge in [-0.3, -0.25) is 14.9 Å². The molecule has 0 aliphatic heterocycles. The van der Waals surface area contributed by atoms with Crippen LogP contribution in [-0.4, -0.2) is 17.9 Å². The molecule has 0 aromatic heterocycles. The molecule has 0 saturated heterocycles. The zero-order valence-corrected chi connectivity index (χ0v) is 9.25. The molecule has 1 rings (SSSR count). The van der Waals surface area contributed by atoms with Gasteiger partial charge in [0.2, 0.25) is 5.91 Å². The predicted molar refractivity (Wildman–Crippen MR) is 62.5 cm³/mol. The van der Waals surface area contributed by atoms with Crippen molar-refractivity contribution in [3.63, 3.8) is 0 Å². The summed E-state index contributed by atoms with van der Waals surface area (Å²) in [4.78, 5) is 20.6. The second-order valence-electron chi connectivity index (χ2n) is 3.26. The monoisotopic (exact) mass is 236 g/mol. The average molecular weight is 236 g/mol. The van der Waals surface area contributed by atoms with Crippen LogP contribution in [0.1, 0.15) is 12.0 Å². The third-order valence-electron chi connectivity index (χ3n) is 2.04. The van der Waals surface area contributed by atoms with E-state index in [1.165, 1.54) is 19.2 Å². The Morgan fingerprint density at radius 3 is 2.82 bits per heavy atom. The summed E-state index contributed by atoms with van der Waals surface area (Å²) in [6, 6.07) is 4.24. The minimum atomic E-state index is -0.501. The van der Waals surface area contributed by atoms with Gasteiger partial charge in [0, 0.05) is 18.1 Å². The number of hydrogen-bond acceptors (Lipinski definition) is 4. The number of nitro benzene ring substituents is 1. The van der Waals surface area contributed by atoms with Crippen LogP contribution in [0.3, 0.4) is 0 Å². The van der Waals surface area contributed by atoms with Crippen LogP contribution in [0.5, 0.6) is 5.75 Å². The van der Waals surface area contributed by atoms with Crippen molar-refractivity contribution in [3.05, 3.63) is 40.0 Å². The molecule has 0 unspecified atom stereocenters. The average Bonchev–Trinajstić information content (AvgIpc) is 2.28. The smallest absolute Gasteiger partial charge is 0.273 e. The Morgan fingerprint density at radius 1 is 1.59 bits per heavy atom. The molecule has 0 aliphatic carbocycles. The maximum absolute atomic E-state index is 10.6. The molecule has 2 N–H and O–H groups in total. The Morgan fingerprint density at radius 2 is 2.29 bits per heavy atom. The summed E-state index contributed by atoms with van der Waals surface area (Å²) in [5, 5.41) is 10.6. The van der Waals surface area contributed by atoms with Gasteiger partial charge in [0.1, 0.15) is 5.75 Å². The van der Waals surface area contributed by atoms with Crippen molar-refractivity contribution in [2.24, 2.45) is 5.73 Å². The third-order valence-corrected chi connectivity index (χ3v) is 2.04. The number of nitrogens with zero attached hydrogens (tertiary/aromatic N) is 1. The van der Waals surface area contributed by atoms with Gasteiger partial charge < -0.3 is 10.5 Å². The predicted octanol–water partition coefficient (Wildman–Crippen LogP) is 1.49. The van der Waals surface area contributed by atoms with E-state index in [1.807, 2.05) is 0 Å². The van der Waals surface area contributed by atoms with Gasteiger partial charge in [-0.1, -0.05) is 12.2 Å². The summed E-state index contributed by atoms with van der Waals surface area (Å²) in [7, 11) is 1.42. The molecule has 90 valence electrons. The first-order valence-corrected chi connectivity index (χ1v) is 4.82. The second kappa shape index (κ2) is 5.64. The number of ether oxygens (including phenoxy) is 1. The molecule has 0 saturated carbocycles. The minimum Gasteiger partial charge on any atom is -0.496 e. The Bertz CT molecular complexity index is 469. The number of rotatable bonds is 5. The molecule has 1 aromatic carbocycles. The summed E-state index contributed by atoms with van der Waals surface area (Å²) in [5.74, 6) is -0.0675. The normalized spacial score (nSPS) is 10.4. The van der Waals surface area contributed by atoms with E-state index in [1.54, 1.807) is 18.2 Å². The summed E-state index contributed by atoms with van der Waals surface area (Å²) < 4.78 is 5.02. The van der Waals surface area contributed by atoms with Crippen molar-refractivity contribution in [1.82, 2.24) is 0 Å². The maximum atomic E-state index is 10.6. The Balaban J connectivity index is 2.96. The standard InChI is InChI=1S/C11H12N2O4/c1-17-10-7-9(13(15)16)6-5-8(10)3-2-4-11(12)14/h2-3,5-7H,4H2,1H3,(H2,12,14). The number of methoxy groups -OCH3 is 1. The number of non-ortho nitro benzene ring substituents is 1. The van der Waals surface area contributed by atoms with Crippen molar-refractivity contribution in [1.29, 1.82) is 0 Å². The number of benzene rings is 1. The van der Waals surface area contributed by atoms with E-state index < -0.39 is 10.8 Å². The van der Waals surface area contributed by atoms with Gasteiger partial charge in [0.25, 0.3) is 5.69 Å². The molecule has 0 radical (unpaired) electrons. The fourth-order valence-electron chi connectivity index (χ4n) is 1.25. The number of nitrogens with two attached hydrogens (primary N) is 1. The highest BCUT2D eigenvalue weighted by atomic mass is 16.6. The lowest BCUT2D eigenvalue weighted by molar-refractivity contribution is -0.384. The van der Waals surface area contributed by atoms with E-state index in [2.05, 4.69) is 0 Å². The number of nitro groups is 1. The van der Waals surface area contributed by atoms with Crippen LogP contribution in [0.2, 0.25) is 0 Å². The van der Waals surface area contributed by atoms with Crippen LogP contribution in [0, 0.1) is 10.1 Å². The number of carbonyl (C=O) groups excluding carboxylic acids is 1. The largest absolute Gasteiger partial charge is 0.496 e. The number of amides is 1. The van der Waals surface area contributed by atoms with Gasteiger partial charge >= 0.3 is 0 Å². The molecule has 1 amide bonds. The van der Waals surface area contributed by atoms with Crippen molar-refractivity contribution in [3.8, 4) is 5.75 Å². The first kappa shape index (κ1) is 12.7. The molecular formula is C11H12N2O4. The highest BCUT2D eigenvalue weighted by molar-refractivity contribution is 5.76. The van der Waals surface area contributed by atoms with E-state index in [9.17, 15) is 14.9 Å². The lowest BCUT2D eigenvalue weighted by Gasteiger charge is -2.03. The van der Waals surface area contributed by atoms with Crippen LogP contribution >= 0.6 is 0 Å². The van der Waals surface area contributed by atoms with Crippen LogP contribution in [0.15, 0.2) is 24.3 Å². The van der Waals surface area contributed by atoms with E-state index in [0.29, 0.717) is 11.3 Å². The number of hydrogen-bond donors (Lipinski definition) is 1. The van der Waals surface area contributed by atoms with E-state index >= 15 is 0 Å². The Hall–Kier alpha value is -2.37. The molecule has 6 heteroatoms. The van der Waals surface area contributed by atoms with Gasteiger partial charge in [0.15, 0.2) is 0 Å². The molecule has 0 spiro atoms. The van der Waals surface area contributed by atoms with Crippen LogP contribution in [-0.2, 0) is 4.79 Å². The molecule has 0 aliphatic rings. The highest BCUT2D eigenvalue weighted by Crippen LogP contribution is 2.25. The quantitative estimate of drug-likeness (QED) is 0.618. The van der Waals surface area contributed by atoms with Crippen molar-refractivity contribution < 1.29 is 14.5 Å². The second-order valence-corrected chi connectivity index (χ2v) is 3.26. The molecule has 0 heterocycles. The molecule has 0 fully saturated rings. The topological polar surface area (TPSA) is 95.5 Å². The van der Waals surface area contributed by atoms with Crippen molar-refractivity contribution in [2.45, 2.75) is 6.42 Å². The number of primary amides is 1. The Labute approximate surface area is 97.8 Å². The number of carbonyl (C=O) groups is 1. The molecule has 17 heavy (non-hydrogen) atoms. The van der Waals surface area contributed by atoms with E-state index in [-0.39, 0.29) is 12.1 Å². The highest BCUT2D eigenvalue weighted by Gasteiger charge is 2.09. The van der Waals surface area contributed by atoms with Crippen LogP contribution in [0.25, 0.3) is 6.08 Å². The van der Waals surface area contributed by atoms with Crippen molar-refractivity contribution >= 4 is 17.7 Å². The SMILES string of the molecule is COc1cc([N+](=O)[O-])ccc1C=CCC(N)=O. The van der Waals surface area contributed by atoms with Crippen molar-refractivity contribution in [2.75, 3.05) is 7.11 Å². The van der Waals surface area contributed by atoms with Crippen LogP contribution < -0.4 is 10.5 Å². The maximum Gasteiger partial charge on any atom is 0.273 e. The van der Waals surface area contributed by atoms with E-state index in [4.69, 9.17) is 10.5 Å². The van der Waals surface area contributed by atoms with Gasteiger partial charge in [-0.05, 0) is 6.07 Å². The molecule has 1 aromatic rings. The van der Waals surface area contributed by atoms with Crippen LogP contribution in [0.4, 0.5) is 5.69 Å². The van der Waals surface area contributed by atoms with E-state index in [0.717, 1.165) is 0 Å². The lowest BCUT2D eigenvalue weighted by atomic mass is 10.1. The fourth-order valence-corrected chi connectivity index (χ4v) is 1.25. The van der Waals surface area contributed by atoms with Gasteiger partial charge in [0.05, 0.1) is 18.1 Å². The van der Waals surface area contributed by atoms with Gasteiger partial charge in [-0.25, -0.2) is 0 Å². The summed E-state index contributed by atoms with van der Waals surface area (Å²) in [6.45, 7) is 0. The molecule has 0 atom stereocenters. The summed E-state index contributed by atoms with van der Waals surface area (Å²) in [5.41, 5.74) is 5.59. The zero-order chi connectivity index (χ0) is 12.8. The summed E-state index contributed by atoms with van der Waals surface area (Å²) >= 11 is 0. The van der Waals surface area contributed by atoms with Gasteiger partial charge in [-0.2, -0.15) is 0 Å². The zero-order valence-electron chi connectivity index (χ0n) is 9.25. The first-order valence-electron chi connectivity index (χ1n) is 4.82. The van der Waals surface area contributed by atoms with Gasteiger partial charge in [-0.15, -0.1) is 0 Å². The molecular weight excluding hydrogens is 224 g/mol. The molecule has 6 nitrogen and oxygen atoms in total. The Kier molecular flexibility index (Phi) is 4.21. The molecule has 0 bridgehead atoms. The first-order chi connectivity index (χ1) is 8.04. The lowest BCUT2D eigenvalue weighted by Crippen LogP contribution is -2.07.